The van der Waals surface area contributed by atoms with Crippen LogP contribution in [0.5, 0.6) is 0 Å². The molecule has 0 radical (unpaired) electrons. The molecule has 230 valence electrons. The fraction of sp³-hybridized carbons (Fsp3) is 0. The van der Waals surface area contributed by atoms with Gasteiger partial charge in [0.25, 0.3) is 0 Å². The second-order valence-corrected chi connectivity index (χ2v) is 13.1. The molecular weight excluding hydrogens is 615 g/mol. The van der Waals surface area contributed by atoms with Crippen LogP contribution in [-0.2, 0) is 0 Å². The smallest absolute Gasteiger partial charge is 0.164 e. The van der Waals surface area contributed by atoms with Crippen molar-refractivity contribution in [2.24, 2.45) is 0 Å². The first-order valence-corrected chi connectivity index (χ1v) is 17.2. The molecule has 0 spiro atoms. The number of thiophene rings is 1. The zero-order chi connectivity index (χ0) is 32.6. The summed E-state index contributed by atoms with van der Waals surface area (Å²) < 4.78 is 2.60. The fourth-order valence-corrected chi connectivity index (χ4v) is 7.79. The molecule has 7 aromatic carbocycles. The molecule has 0 aliphatic rings. The van der Waals surface area contributed by atoms with Crippen LogP contribution in [0.15, 0.2) is 176 Å². The molecule has 4 heteroatoms. The molecule has 9 aromatic rings. The Morgan fingerprint density at radius 2 is 0.714 bits per heavy atom. The second-order valence-electron chi connectivity index (χ2n) is 12.0. The van der Waals surface area contributed by atoms with E-state index in [9.17, 15) is 0 Å². The number of rotatable bonds is 6. The summed E-state index contributed by atoms with van der Waals surface area (Å²) in [6, 6.07) is 61.4. The molecule has 0 amide bonds. The molecule has 0 N–H and O–H groups in total. The van der Waals surface area contributed by atoms with Crippen LogP contribution in [0.3, 0.4) is 0 Å². The minimum absolute atomic E-state index is 0.636. The van der Waals surface area contributed by atoms with E-state index in [0.717, 1.165) is 44.5 Å². The van der Waals surface area contributed by atoms with Gasteiger partial charge in [0.1, 0.15) is 0 Å². The maximum atomic E-state index is 5.17. The molecule has 0 saturated carbocycles. The highest BCUT2D eigenvalue weighted by Gasteiger charge is 2.18. The van der Waals surface area contributed by atoms with Gasteiger partial charge in [-0.15, -0.1) is 11.3 Å². The highest BCUT2D eigenvalue weighted by molar-refractivity contribution is 7.25. The maximum absolute atomic E-state index is 5.17. The lowest BCUT2D eigenvalue weighted by molar-refractivity contribution is 1.07. The predicted octanol–water partition coefficient (Wildman–Crippen LogP) is 12.2. The van der Waals surface area contributed by atoms with E-state index < -0.39 is 0 Å². The number of hydrogen-bond acceptors (Lipinski definition) is 4. The molecule has 0 unspecified atom stereocenters. The van der Waals surface area contributed by atoms with Crippen LogP contribution in [0.25, 0.3) is 87.7 Å². The molecule has 0 atom stereocenters. The third-order valence-electron chi connectivity index (χ3n) is 9.00. The van der Waals surface area contributed by atoms with Crippen LogP contribution < -0.4 is 0 Å². The van der Waals surface area contributed by atoms with Gasteiger partial charge in [-0.05, 0) is 45.5 Å². The average molecular weight is 644 g/mol. The number of hydrogen-bond donors (Lipinski definition) is 0. The second kappa shape index (κ2) is 12.4. The Hall–Kier alpha value is -6.23. The molecule has 0 aliphatic heterocycles. The molecule has 9 rings (SSSR count). The molecular formula is C45H29N3S. The first-order chi connectivity index (χ1) is 24.3. The van der Waals surface area contributed by atoms with E-state index in [0.29, 0.717) is 17.5 Å². The van der Waals surface area contributed by atoms with Gasteiger partial charge in [-0.1, -0.05) is 164 Å². The first-order valence-electron chi connectivity index (χ1n) is 16.4. The molecule has 0 bridgehead atoms. The van der Waals surface area contributed by atoms with Crippen molar-refractivity contribution < 1.29 is 0 Å². The van der Waals surface area contributed by atoms with Gasteiger partial charge in [0.15, 0.2) is 17.5 Å². The summed E-state index contributed by atoms with van der Waals surface area (Å²) in [6.07, 6.45) is 0. The van der Waals surface area contributed by atoms with Gasteiger partial charge in [0.05, 0.1) is 0 Å². The summed E-state index contributed by atoms with van der Waals surface area (Å²) in [5.74, 6) is 1.92. The average Bonchev–Trinajstić information content (AvgIpc) is 3.58. The van der Waals surface area contributed by atoms with Gasteiger partial charge in [-0.25, -0.2) is 15.0 Å². The van der Waals surface area contributed by atoms with Crippen molar-refractivity contribution in [1.29, 1.82) is 0 Å². The summed E-state index contributed by atoms with van der Waals surface area (Å²) in [7, 11) is 0. The quantitative estimate of drug-likeness (QED) is 0.181. The van der Waals surface area contributed by atoms with E-state index in [1.807, 2.05) is 35.6 Å². The fourth-order valence-electron chi connectivity index (χ4n) is 6.66. The van der Waals surface area contributed by atoms with Crippen LogP contribution in [0.4, 0.5) is 0 Å². The maximum Gasteiger partial charge on any atom is 0.164 e. The predicted molar refractivity (Wildman–Crippen MR) is 205 cm³/mol. The van der Waals surface area contributed by atoms with Crippen molar-refractivity contribution >= 4 is 31.5 Å². The van der Waals surface area contributed by atoms with Gasteiger partial charge in [0.2, 0.25) is 0 Å². The van der Waals surface area contributed by atoms with Crippen molar-refractivity contribution in [2.45, 2.75) is 0 Å². The van der Waals surface area contributed by atoms with Gasteiger partial charge >= 0.3 is 0 Å². The van der Waals surface area contributed by atoms with E-state index in [4.69, 9.17) is 15.0 Å². The van der Waals surface area contributed by atoms with Crippen molar-refractivity contribution in [2.75, 3.05) is 0 Å². The van der Waals surface area contributed by atoms with Crippen LogP contribution in [0.2, 0.25) is 0 Å². The number of nitrogens with zero attached hydrogens (tertiary/aromatic N) is 3. The van der Waals surface area contributed by atoms with E-state index in [-0.39, 0.29) is 0 Å². The SMILES string of the molecule is c1ccc(-c2ccccc2-c2nc(-c3ccc(-c4cccc5sc6ccccc6c45)cc3)nc(-c3ccccc3-c3ccccc3)n2)cc1. The Morgan fingerprint density at radius 3 is 1.33 bits per heavy atom. The number of benzene rings is 7. The minimum Gasteiger partial charge on any atom is -0.208 e. The molecule has 0 aliphatic carbocycles. The number of aromatic nitrogens is 3. The first kappa shape index (κ1) is 29.0. The summed E-state index contributed by atoms with van der Waals surface area (Å²) in [5.41, 5.74) is 9.64. The standard InChI is InChI=1S/C45H29N3S/c1-3-14-30(15-4-1)34-18-7-9-20-37(34)44-46-43(47-45(48-44)38-21-10-8-19-35(38)31-16-5-2-6-17-31)33-28-26-32(27-29-33)36-23-13-25-41-42(36)39-22-11-12-24-40(39)49-41/h1-29H. The van der Waals surface area contributed by atoms with Gasteiger partial charge in [-0.2, -0.15) is 0 Å². The zero-order valence-electron chi connectivity index (χ0n) is 26.5. The Labute approximate surface area is 288 Å². The largest absolute Gasteiger partial charge is 0.208 e. The molecule has 3 nitrogen and oxygen atoms in total. The Morgan fingerprint density at radius 1 is 0.286 bits per heavy atom. The van der Waals surface area contributed by atoms with Crippen LogP contribution in [0, 0.1) is 0 Å². The Balaban J connectivity index is 1.21. The topological polar surface area (TPSA) is 38.7 Å². The van der Waals surface area contributed by atoms with Crippen molar-refractivity contribution in [1.82, 2.24) is 15.0 Å². The van der Waals surface area contributed by atoms with Crippen LogP contribution in [-0.4, -0.2) is 15.0 Å². The van der Waals surface area contributed by atoms with Gasteiger partial charge in [-0.3, -0.25) is 0 Å². The minimum atomic E-state index is 0.636. The summed E-state index contributed by atoms with van der Waals surface area (Å²) >= 11 is 1.84. The van der Waals surface area contributed by atoms with E-state index in [2.05, 4.69) is 152 Å². The third kappa shape index (κ3) is 5.38. The Bertz CT molecular complexity index is 2490. The molecule has 0 saturated heterocycles. The lowest BCUT2D eigenvalue weighted by Gasteiger charge is -2.14. The van der Waals surface area contributed by atoms with E-state index in [1.165, 1.54) is 25.7 Å². The molecule has 49 heavy (non-hydrogen) atoms. The molecule has 0 fully saturated rings. The van der Waals surface area contributed by atoms with Gasteiger partial charge < -0.3 is 0 Å². The summed E-state index contributed by atoms with van der Waals surface area (Å²) in [6.45, 7) is 0. The highest BCUT2D eigenvalue weighted by Crippen LogP contribution is 2.40. The lowest BCUT2D eigenvalue weighted by Crippen LogP contribution is -2.02. The third-order valence-corrected chi connectivity index (χ3v) is 10.1. The van der Waals surface area contributed by atoms with Crippen molar-refractivity contribution in [3.05, 3.63) is 176 Å². The normalized spacial score (nSPS) is 11.3. The van der Waals surface area contributed by atoms with Crippen molar-refractivity contribution in [3.63, 3.8) is 0 Å². The lowest BCUT2D eigenvalue weighted by atomic mass is 9.97. The van der Waals surface area contributed by atoms with E-state index >= 15 is 0 Å². The Kier molecular flexibility index (Phi) is 7.34. The number of fused-ring (bicyclic) bond motifs is 3. The monoisotopic (exact) mass is 643 g/mol. The molecule has 2 aromatic heterocycles. The van der Waals surface area contributed by atoms with Crippen LogP contribution in [0.1, 0.15) is 0 Å². The van der Waals surface area contributed by atoms with Gasteiger partial charge in [0, 0.05) is 36.9 Å². The van der Waals surface area contributed by atoms with E-state index in [1.54, 1.807) is 0 Å². The zero-order valence-corrected chi connectivity index (χ0v) is 27.3. The van der Waals surface area contributed by atoms with Crippen molar-refractivity contribution in [3.8, 4) is 67.5 Å². The molecule has 2 heterocycles. The summed E-state index contributed by atoms with van der Waals surface area (Å²) in [5, 5.41) is 2.60. The summed E-state index contributed by atoms with van der Waals surface area (Å²) in [4.78, 5) is 15.5. The highest BCUT2D eigenvalue weighted by atomic mass is 32.1. The van der Waals surface area contributed by atoms with Crippen LogP contribution >= 0.6 is 11.3 Å².